The summed E-state index contributed by atoms with van der Waals surface area (Å²) in [5.41, 5.74) is 0.441. The van der Waals surface area contributed by atoms with E-state index in [9.17, 15) is 22.8 Å². The van der Waals surface area contributed by atoms with Crippen molar-refractivity contribution in [3.63, 3.8) is 0 Å². The van der Waals surface area contributed by atoms with Gasteiger partial charge < -0.3 is 5.32 Å². The van der Waals surface area contributed by atoms with Crippen LogP contribution in [0.1, 0.15) is 18.4 Å². The fraction of sp³-hybridized carbons (Fsp3) is 0.250. The Kier molecular flexibility index (Phi) is 4.17. The molecule has 0 aromatic heterocycles. The Hall–Kier alpha value is -2.09. The number of benzene rings is 1. The molecular formula is C12H9ClF3N3O2. The molecule has 1 heterocycles. The van der Waals surface area contributed by atoms with Gasteiger partial charge in [-0.2, -0.15) is 18.3 Å². The SMILES string of the molecule is O=C1CCC(C(=O)Nc2c(Cl)cccc2C(F)(F)F)=NN1. The average molecular weight is 320 g/mol. The largest absolute Gasteiger partial charge is 0.418 e. The van der Waals surface area contributed by atoms with E-state index < -0.39 is 23.3 Å². The summed E-state index contributed by atoms with van der Waals surface area (Å²) in [4.78, 5) is 22.8. The Morgan fingerprint density at radius 1 is 1.33 bits per heavy atom. The molecule has 0 aliphatic carbocycles. The zero-order valence-corrected chi connectivity index (χ0v) is 11.2. The number of nitrogens with one attached hydrogen (secondary N) is 2. The lowest BCUT2D eigenvalue weighted by molar-refractivity contribution is -0.137. The smallest absolute Gasteiger partial charge is 0.319 e. The van der Waals surface area contributed by atoms with Gasteiger partial charge >= 0.3 is 6.18 Å². The molecule has 1 aliphatic rings. The number of hydrogen-bond acceptors (Lipinski definition) is 3. The minimum atomic E-state index is -4.66. The number of halogens is 4. The highest BCUT2D eigenvalue weighted by Gasteiger charge is 2.35. The number of carbonyl (C=O) groups excluding carboxylic acids is 2. The summed E-state index contributed by atoms with van der Waals surface area (Å²) in [7, 11) is 0. The van der Waals surface area contributed by atoms with Gasteiger partial charge in [0.15, 0.2) is 0 Å². The van der Waals surface area contributed by atoms with Gasteiger partial charge in [-0.25, -0.2) is 5.43 Å². The molecule has 0 saturated heterocycles. The van der Waals surface area contributed by atoms with Gasteiger partial charge in [0.2, 0.25) is 5.91 Å². The van der Waals surface area contributed by atoms with Crippen LogP contribution in [0.3, 0.4) is 0 Å². The van der Waals surface area contributed by atoms with Crippen LogP contribution in [0.4, 0.5) is 18.9 Å². The van der Waals surface area contributed by atoms with Crippen molar-refractivity contribution < 1.29 is 22.8 Å². The molecule has 2 amide bonds. The lowest BCUT2D eigenvalue weighted by Gasteiger charge is -2.16. The Morgan fingerprint density at radius 3 is 2.62 bits per heavy atom. The zero-order chi connectivity index (χ0) is 15.6. The molecule has 0 unspecified atom stereocenters. The number of nitrogens with zero attached hydrogens (tertiary/aromatic N) is 1. The highest BCUT2D eigenvalue weighted by Crippen LogP contribution is 2.38. The van der Waals surface area contributed by atoms with Crippen molar-refractivity contribution in [1.29, 1.82) is 0 Å². The van der Waals surface area contributed by atoms with Crippen LogP contribution in [0.2, 0.25) is 5.02 Å². The molecule has 0 saturated carbocycles. The van der Waals surface area contributed by atoms with E-state index in [-0.39, 0.29) is 29.5 Å². The average Bonchev–Trinajstić information content (AvgIpc) is 2.40. The van der Waals surface area contributed by atoms with Crippen molar-refractivity contribution >= 4 is 34.8 Å². The van der Waals surface area contributed by atoms with Crippen molar-refractivity contribution in [3.8, 4) is 0 Å². The van der Waals surface area contributed by atoms with Crippen LogP contribution in [0.25, 0.3) is 0 Å². The van der Waals surface area contributed by atoms with Crippen molar-refractivity contribution in [1.82, 2.24) is 5.43 Å². The normalized spacial score (nSPS) is 15.2. The van der Waals surface area contributed by atoms with Crippen molar-refractivity contribution in [2.45, 2.75) is 19.0 Å². The van der Waals surface area contributed by atoms with Gasteiger partial charge in [-0.15, -0.1) is 0 Å². The number of carbonyl (C=O) groups is 2. The Morgan fingerprint density at radius 2 is 2.05 bits per heavy atom. The van der Waals surface area contributed by atoms with E-state index in [0.717, 1.165) is 12.1 Å². The first-order chi connectivity index (χ1) is 9.79. The highest BCUT2D eigenvalue weighted by molar-refractivity contribution is 6.44. The van der Waals surface area contributed by atoms with Crippen LogP contribution in [0, 0.1) is 0 Å². The molecule has 9 heteroatoms. The van der Waals surface area contributed by atoms with Crippen LogP contribution in [0.15, 0.2) is 23.3 Å². The number of anilines is 1. The number of para-hydroxylation sites is 1. The van der Waals surface area contributed by atoms with Crippen molar-refractivity contribution in [2.75, 3.05) is 5.32 Å². The number of rotatable bonds is 2. The predicted molar refractivity (Wildman–Crippen MR) is 69.9 cm³/mol. The van der Waals surface area contributed by atoms with E-state index in [0.29, 0.717) is 0 Å². The van der Waals surface area contributed by atoms with E-state index >= 15 is 0 Å². The van der Waals surface area contributed by atoms with Crippen molar-refractivity contribution in [2.24, 2.45) is 5.10 Å². The summed E-state index contributed by atoms with van der Waals surface area (Å²) in [6.45, 7) is 0. The molecule has 0 bridgehead atoms. The molecule has 21 heavy (non-hydrogen) atoms. The van der Waals surface area contributed by atoms with Gasteiger partial charge in [0.1, 0.15) is 5.71 Å². The van der Waals surface area contributed by atoms with E-state index in [4.69, 9.17) is 11.6 Å². The maximum absolute atomic E-state index is 12.9. The fourth-order valence-electron chi connectivity index (χ4n) is 1.71. The molecule has 0 fully saturated rings. The van der Waals surface area contributed by atoms with E-state index in [1.165, 1.54) is 6.07 Å². The molecule has 0 radical (unpaired) electrons. The second-order valence-corrected chi connectivity index (χ2v) is 4.61. The van der Waals surface area contributed by atoms with Crippen LogP contribution < -0.4 is 10.7 Å². The summed E-state index contributed by atoms with van der Waals surface area (Å²) in [6, 6.07) is 3.18. The molecule has 1 aromatic carbocycles. The van der Waals surface area contributed by atoms with Crippen LogP contribution in [-0.2, 0) is 15.8 Å². The molecule has 2 rings (SSSR count). The minimum absolute atomic E-state index is 0.0426. The molecular weight excluding hydrogens is 311 g/mol. The predicted octanol–water partition coefficient (Wildman–Crippen LogP) is 2.56. The Balaban J connectivity index is 2.28. The van der Waals surface area contributed by atoms with E-state index in [1.54, 1.807) is 0 Å². The Labute approximate surface area is 122 Å². The van der Waals surface area contributed by atoms with Gasteiger partial charge in [0.05, 0.1) is 16.3 Å². The maximum Gasteiger partial charge on any atom is 0.418 e. The quantitative estimate of drug-likeness (QED) is 0.879. The second-order valence-electron chi connectivity index (χ2n) is 4.21. The number of alkyl halides is 3. The van der Waals surface area contributed by atoms with E-state index in [2.05, 4.69) is 15.8 Å². The van der Waals surface area contributed by atoms with Crippen LogP contribution in [0.5, 0.6) is 0 Å². The van der Waals surface area contributed by atoms with Crippen molar-refractivity contribution in [3.05, 3.63) is 28.8 Å². The third-order valence-corrected chi connectivity index (χ3v) is 3.04. The molecule has 112 valence electrons. The van der Waals surface area contributed by atoms with Crippen LogP contribution in [-0.4, -0.2) is 17.5 Å². The first-order valence-corrected chi connectivity index (χ1v) is 6.19. The standard InChI is InChI=1S/C12H9ClF3N3O2/c13-7-3-1-2-6(12(14,15)16)10(7)17-11(21)8-4-5-9(20)19-18-8/h1-3H,4-5H2,(H,17,21)(H,19,20). The third kappa shape index (κ3) is 3.52. The summed E-state index contributed by atoms with van der Waals surface area (Å²) in [5.74, 6) is -1.20. The first kappa shape index (κ1) is 15.3. The number of amides is 2. The first-order valence-electron chi connectivity index (χ1n) is 5.81. The van der Waals surface area contributed by atoms with Gasteiger partial charge in [-0.1, -0.05) is 17.7 Å². The fourth-order valence-corrected chi connectivity index (χ4v) is 1.93. The topological polar surface area (TPSA) is 70.6 Å². The summed E-state index contributed by atoms with van der Waals surface area (Å²) in [5, 5.41) is 5.37. The molecule has 5 nitrogen and oxygen atoms in total. The maximum atomic E-state index is 12.9. The molecule has 1 aliphatic heterocycles. The van der Waals surface area contributed by atoms with Gasteiger partial charge in [0, 0.05) is 12.8 Å². The highest BCUT2D eigenvalue weighted by atomic mass is 35.5. The lowest BCUT2D eigenvalue weighted by atomic mass is 10.1. The summed E-state index contributed by atoms with van der Waals surface area (Å²) >= 11 is 5.72. The van der Waals surface area contributed by atoms with Crippen LogP contribution >= 0.6 is 11.6 Å². The second kappa shape index (κ2) is 5.72. The van der Waals surface area contributed by atoms with E-state index in [1.807, 2.05) is 0 Å². The zero-order valence-electron chi connectivity index (χ0n) is 10.4. The third-order valence-electron chi connectivity index (χ3n) is 2.72. The van der Waals surface area contributed by atoms with Gasteiger partial charge in [-0.3, -0.25) is 9.59 Å². The molecule has 2 N–H and O–H groups in total. The molecule has 1 aromatic rings. The number of hydrogen-bond donors (Lipinski definition) is 2. The summed E-state index contributed by atoms with van der Waals surface area (Å²) in [6.07, 6.45) is -4.57. The minimum Gasteiger partial charge on any atom is -0.319 e. The lowest BCUT2D eigenvalue weighted by Crippen LogP contribution is -2.33. The number of hydrazone groups is 1. The molecule has 0 atom stereocenters. The van der Waals surface area contributed by atoms with Gasteiger partial charge in [-0.05, 0) is 12.1 Å². The summed E-state index contributed by atoms with van der Waals surface area (Å²) < 4.78 is 38.6. The Bertz CT molecular complexity index is 629. The van der Waals surface area contributed by atoms with Gasteiger partial charge in [0.25, 0.3) is 5.91 Å². The monoisotopic (exact) mass is 319 g/mol. The molecule has 0 spiro atoms.